The lowest BCUT2D eigenvalue weighted by molar-refractivity contribution is -0.707. The van der Waals surface area contributed by atoms with Crippen molar-refractivity contribution in [3.05, 3.63) is 126 Å². The van der Waals surface area contributed by atoms with Gasteiger partial charge in [0, 0.05) is 12.3 Å². The highest BCUT2D eigenvalue weighted by Gasteiger charge is 2.21. The van der Waals surface area contributed by atoms with Crippen LogP contribution >= 0.6 is 57.7 Å². The van der Waals surface area contributed by atoms with E-state index in [9.17, 15) is 14.7 Å². The molecule has 0 atom stereocenters. The molecule has 0 bridgehead atoms. The number of rotatable bonds is 5. The monoisotopic (exact) mass is 666 g/mol. The van der Waals surface area contributed by atoms with Gasteiger partial charge in [-0.15, -0.1) is 11.3 Å². The molecule has 6 aromatic rings. The number of aromatic nitrogens is 4. The predicted octanol–water partition coefficient (Wildman–Crippen LogP) is 6.06. The van der Waals surface area contributed by atoms with E-state index in [-0.39, 0.29) is 32.1 Å². The normalized spacial score (nSPS) is 10.6. The van der Waals surface area contributed by atoms with Crippen molar-refractivity contribution in [2.45, 2.75) is 6.54 Å². The van der Waals surface area contributed by atoms with Crippen molar-refractivity contribution in [1.29, 1.82) is 5.26 Å². The van der Waals surface area contributed by atoms with Crippen LogP contribution in [0.1, 0.15) is 20.1 Å². The zero-order chi connectivity index (χ0) is 30.5. The largest absolute Gasteiger partial charge is 0.842 e. The molecule has 0 unspecified atom stereocenters. The predicted molar refractivity (Wildman–Crippen MR) is 166 cm³/mol. The number of benzene rings is 2. The van der Waals surface area contributed by atoms with Gasteiger partial charge in [-0.2, -0.15) is 14.0 Å². The lowest BCUT2D eigenvalue weighted by Gasteiger charge is -2.16. The second kappa shape index (κ2) is 13.3. The highest BCUT2D eigenvalue weighted by molar-refractivity contribution is 7.15. The molecule has 4 aromatic heterocycles. The van der Waals surface area contributed by atoms with Crippen molar-refractivity contribution >= 4 is 74.9 Å². The molecule has 0 aliphatic heterocycles. The van der Waals surface area contributed by atoms with Gasteiger partial charge < -0.3 is 10.4 Å². The van der Waals surface area contributed by atoms with E-state index in [0.717, 1.165) is 16.4 Å². The summed E-state index contributed by atoms with van der Waals surface area (Å²) >= 11 is 19.6. The van der Waals surface area contributed by atoms with E-state index < -0.39 is 5.91 Å². The number of hydrogen-bond donors (Lipinski definition) is 1. The third-order valence-electron chi connectivity index (χ3n) is 6.01. The Morgan fingerprint density at radius 1 is 1.05 bits per heavy atom. The summed E-state index contributed by atoms with van der Waals surface area (Å²) in [5.41, 5.74) is 1.75. The van der Waals surface area contributed by atoms with E-state index >= 15 is 0 Å². The summed E-state index contributed by atoms with van der Waals surface area (Å²) < 4.78 is 7.26. The molecule has 0 aliphatic rings. The van der Waals surface area contributed by atoms with Crippen LogP contribution in [-0.4, -0.2) is 19.7 Å². The van der Waals surface area contributed by atoms with Gasteiger partial charge in [0.05, 0.1) is 28.2 Å². The summed E-state index contributed by atoms with van der Waals surface area (Å²) in [6.07, 6.45) is 3.31. The van der Waals surface area contributed by atoms with E-state index in [1.54, 1.807) is 83.7 Å². The number of para-hydroxylation sites is 1. The number of carbonyl (C=O) groups excluding carboxylic acids is 1. The molecule has 0 spiro atoms. The molecule has 214 valence electrons. The number of anilines is 1. The lowest BCUT2D eigenvalue weighted by Crippen LogP contribution is -2.44. The van der Waals surface area contributed by atoms with Crippen LogP contribution in [0.4, 0.5) is 5.69 Å². The molecular weight excluding hydrogens is 651 g/mol. The van der Waals surface area contributed by atoms with Crippen LogP contribution < -0.4 is 20.5 Å². The van der Waals surface area contributed by atoms with Crippen LogP contribution in [0.25, 0.3) is 16.8 Å². The Morgan fingerprint density at radius 2 is 1.77 bits per heavy atom. The van der Waals surface area contributed by atoms with Gasteiger partial charge >= 0.3 is 5.56 Å². The van der Waals surface area contributed by atoms with Crippen LogP contribution in [0.5, 0.6) is 5.88 Å². The molecule has 0 aliphatic carbocycles. The molecule has 0 saturated heterocycles. The number of halogens is 3. The molecule has 9 nitrogen and oxygen atoms in total. The Morgan fingerprint density at radius 3 is 2.44 bits per heavy atom. The van der Waals surface area contributed by atoms with Gasteiger partial charge in [-0.1, -0.05) is 83.3 Å². The average molecular weight is 668 g/mol. The molecule has 0 radical (unpaired) electrons. The van der Waals surface area contributed by atoms with Gasteiger partial charge in [-0.05, 0) is 35.3 Å². The van der Waals surface area contributed by atoms with Crippen LogP contribution in [0, 0.1) is 11.3 Å². The van der Waals surface area contributed by atoms with Crippen molar-refractivity contribution in [2.75, 3.05) is 5.32 Å². The first-order valence-electron chi connectivity index (χ1n) is 12.3. The maximum atomic E-state index is 13.1. The smallest absolute Gasteiger partial charge is 0.349 e. The molecule has 2 aromatic carbocycles. The molecule has 4 heterocycles. The fourth-order valence-corrected chi connectivity index (χ4v) is 6.14. The zero-order valence-corrected chi connectivity index (χ0v) is 25.6. The third-order valence-corrected chi connectivity index (χ3v) is 8.90. The van der Waals surface area contributed by atoms with Crippen molar-refractivity contribution in [2.24, 2.45) is 0 Å². The van der Waals surface area contributed by atoms with Crippen molar-refractivity contribution in [1.82, 2.24) is 13.8 Å². The molecule has 14 heteroatoms. The third kappa shape index (κ3) is 6.54. The molecule has 1 amide bonds. The first kappa shape index (κ1) is 30.2. The number of nitrogens with one attached hydrogen (secondary N) is 1. The second-order valence-corrected chi connectivity index (χ2v) is 11.9. The van der Waals surface area contributed by atoms with E-state index in [4.69, 9.17) is 40.1 Å². The zero-order valence-electron chi connectivity index (χ0n) is 21.7. The van der Waals surface area contributed by atoms with E-state index in [1.807, 2.05) is 12.1 Å². The number of pyridine rings is 1. The van der Waals surface area contributed by atoms with Gasteiger partial charge in [0.2, 0.25) is 0 Å². The van der Waals surface area contributed by atoms with Crippen molar-refractivity contribution in [3.8, 4) is 23.1 Å². The Labute approximate surface area is 267 Å². The first-order valence-corrected chi connectivity index (χ1v) is 15.0. The van der Waals surface area contributed by atoms with Gasteiger partial charge in [0.1, 0.15) is 28.1 Å². The fraction of sp³-hybridized carbons (Fsp3) is 0.0345. The minimum Gasteiger partial charge on any atom is -0.842 e. The molecule has 0 fully saturated rings. The SMILES string of the molecule is N#Cc1ccccc1NC(=O)c1snc(Cl)c1Cl.O=c1c(-c2ccccc2)c([O-])[n+](Cc2cnc(Cl)s2)c2ccccn12. The summed E-state index contributed by atoms with van der Waals surface area (Å²) in [5.74, 6) is -0.765. The Hall–Kier alpha value is -4.31. The van der Waals surface area contributed by atoms with Gasteiger partial charge in [0.15, 0.2) is 9.62 Å². The average Bonchev–Trinajstić information content (AvgIpc) is 3.60. The van der Waals surface area contributed by atoms with Crippen LogP contribution in [0.2, 0.25) is 14.6 Å². The minimum atomic E-state index is -0.438. The maximum absolute atomic E-state index is 13.1. The highest BCUT2D eigenvalue weighted by Crippen LogP contribution is 2.29. The van der Waals surface area contributed by atoms with Crippen molar-refractivity contribution in [3.63, 3.8) is 0 Å². The number of amides is 1. The molecule has 6 rings (SSSR count). The molecule has 0 saturated carbocycles. The number of fused-ring (bicyclic) bond motifs is 1. The van der Waals surface area contributed by atoms with Gasteiger partial charge in [0.25, 0.3) is 11.6 Å². The number of carbonyl (C=O) groups is 1. The van der Waals surface area contributed by atoms with Crippen molar-refractivity contribution < 1.29 is 14.5 Å². The Bertz CT molecular complexity index is 2050. The summed E-state index contributed by atoms with van der Waals surface area (Å²) in [5, 5.41) is 24.8. The Balaban J connectivity index is 0.000000181. The summed E-state index contributed by atoms with van der Waals surface area (Å²) in [4.78, 5) is 29.9. The molecule has 43 heavy (non-hydrogen) atoms. The quantitative estimate of drug-likeness (QED) is 0.223. The molecular formula is C29H17Cl3N6O3S2. The standard InChI is InChI=1S/C18H12ClN3O2S.C11H5Cl2N3OS/c19-18-20-10-13(25-18)11-22-14-8-4-5-9-21(14)16(23)15(17(22)24)12-6-2-1-3-7-12;12-8-9(18-16-10(8)13)11(17)15-7-4-2-1-3-6(7)5-14/h1-10H,11H2;1-4H,(H,15,17). The second-order valence-electron chi connectivity index (χ2n) is 8.67. The summed E-state index contributed by atoms with van der Waals surface area (Å²) in [7, 11) is 0. The first-order chi connectivity index (χ1) is 20.8. The van der Waals surface area contributed by atoms with E-state index in [2.05, 4.69) is 14.7 Å². The number of nitrogens with zero attached hydrogens (tertiary/aromatic N) is 5. The van der Waals surface area contributed by atoms with Crippen LogP contribution in [0.3, 0.4) is 0 Å². The van der Waals surface area contributed by atoms with E-state index in [0.29, 0.717) is 33.5 Å². The Kier molecular flexibility index (Phi) is 9.35. The van der Waals surface area contributed by atoms with Crippen LogP contribution in [-0.2, 0) is 6.54 Å². The topological polar surface area (TPSA) is 127 Å². The summed E-state index contributed by atoms with van der Waals surface area (Å²) in [6.45, 7) is 0.302. The number of nitriles is 1. The van der Waals surface area contributed by atoms with Gasteiger partial charge in [-0.3, -0.25) is 4.79 Å². The number of thiazole rings is 1. The highest BCUT2D eigenvalue weighted by atomic mass is 35.5. The van der Waals surface area contributed by atoms with E-state index in [1.165, 1.54) is 15.7 Å². The van der Waals surface area contributed by atoms with Crippen LogP contribution in [0.15, 0.2) is 90.0 Å². The summed E-state index contributed by atoms with van der Waals surface area (Å²) in [6, 6.07) is 23.0. The fourth-order valence-electron chi connectivity index (χ4n) is 4.06. The maximum Gasteiger partial charge on any atom is 0.349 e. The lowest BCUT2D eigenvalue weighted by atomic mass is 10.1. The minimum absolute atomic E-state index is 0.0976. The number of hydrogen-bond acceptors (Lipinski definition) is 8. The van der Waals surface area contributed by atoms with Gasteiger partial charge in [-0.25, -0.2) is 14.3 Å². The molecule has 1 N–H and O–H groups in total.